The van der Waals surface area contributed by atoms with Gasteiger partial charge in [0.15, 0.2) is 0 Å². The van der Waals surface area contributed by atoms with Crippen molar-refractivity contribution in [1.82, 2.24) is 20.2 Å². The third-order valence-electron chi connectivity index (χ3n) is 11.1. The molecule has 1 amide bonds. The van der Waals surface area contributed by atoms with Crippen LogP contribution in [0.5, 0.6) is 5.75 Å². The van der Waals surface area contributed by atoms with Crippen molar-refractivity contribution in [3.8, 4) is 5.75 Å². The van der Waals surface area contributed by atoms with Gasteiger partial charge < -0.3 is 30.4 Å². The third kappa shape index (κ3) is 6.28. The van der Waals surface area contributed by atoms with Crippen molar-refractivity contribution < 1.29 is 27.5 Å². The quantitative estimate of drug-likeness (QED) is 0.229. The Balaban J connectivity index is 1.07. The Morgan fingerprint density at radius 3 is 2.43 bits per heavy atom. The number of hydrogen-bond donors (Lipinski definition) is 3. The van der Waals surface area contributed by atoms with Crippen LogP contribution in [0.1, 0.15) is 53.6 Å². The molecule has 1 aliphatic heterocycles. The molecule has 2 aromatic carbocycles. The molecule has 5 fully saturated rings. The van der Waals surface area contributed by atoms with E-state index in [-0.39, 0.29) is 22.6 Å². The molecule has 1 saturated heterocycles. The number of nitrogens with one attached hydrogen (secondary N) is 3. The molecule has 260 valence electrons. The number of aldehydes is 1. The topological polar surface area (TPSA) is 112 Å². The van der Waals surface area contributed by atoms with E-state index in [4.69, 9.17) is 4.74 Å². The number of hydrogen-bond acceptors (Lipinski definition) is 9. The number of anilines is 5. The van der Waals surface area contributed by atoms with E-state index >= 15 is 0 Å². The molecule has 2 unspecified atom stereocenters. The summed E-state index contributed by atoms with van der Waals surface area (Å²) in [7, 11) is 3.00. The van der Waals surface area contributed by atoms with Gasteiger partial charge in [-0.3, -0.25) is 9.69 Å². The molecule has 2 atom stereocenters. The van der Waals surface area contributed by atoms with Crippen LogP contribution in [0.15, 0.2) is 42.6 Å². The highest BCUT2D eigenvalue weighted by molar-refractivity contribution is 6.00. The zero-order valence-electron chi connectivity index (χ0n) is 27.9. The summed E-state index contributed by atoms with van der Waals surface area (Å²) in [6, 6.07) is 11.1. The Morgan fingerprint density at radius 2 is 1.78 bits per heavy atom. The first-order chi connectivity index (χ1) is 23.5. The van der Waals surface area contributed by atoms with Gasteiger partial charge in [0.25, 0.3) is 5.91 Å². The van der Waals surface area contributed by atoms with Crippen LogP contribution in [0.2, 0.25) is 0 Å². The first kappa shape index (κ1) is 33.1. The first-order valence-electron chi connectivity index (χ1n) is 16.9. The van der Waals surface area contributed by atoms with Crippen LogP contribution in [0, 0.1) is 30.1 Å². The highest BCUT2D eigenvalue weighted by Gasteiger charge is 2.56. The predicted octanol–water partition coefficient (Wildman–Crippen LogP) is 6.18. The van der Waals surface area contributed by atoms with Crippen LogP contribution in [-0.2, 0) is 11.0 Å². The number of benzene rings is 2. The average Bonchev–Trinajstić information content (AvgIpc) is 3.08. The summed E-state index contributed by atoms with van der Waals surface area (Å²) >= 11 is 0. The minimum absolute atomic E-state index is 0.0676. The van der Waals surface area contributed by atoms with Crippen LogP contribution in [0.4, 0.5) is 42.0 Å². The lowest BCUT2D eigenvalue weighted by atomic mass is 9.48. The second-order valence-corrected chi connectivity index (χ2v) is 14.1. The fourth-order valence-corrected chi connectivity index (χ4v) is 9.20. The van der Waals surface area contributed by atoms with Crippen molar-refractivity contribution >= 4 is 41.0 Å². The van der Waals surface area contributed by atoms with Crippen LogP contribution in [0.3, 0.4) is 0 Å². The van der Waals surface area contributed by atoms with Crippen LogP contribution in [0.25, 0.3) is 0 Å². The summed E-state index contributed by atoms with van der Waals surface area (Å²) in [5, 5.41) is 8.30. The number of aromatic nitrogens is 2. The molecular formula is C36H42F3N7O3. The highest BCUT2D eigenvalue weighted by Crippen LogP contribution is 2.60. The van der Waals surface area contributed by atoms with E-state index in [1.165, 1.54) is 32.2 Å². The Kier molecular flexibility index (Phi) is 8.66. The molecule has 4 aliphatic carbocycles. The number of carbonyl (C=O) groups excluding carboxylic acids is 2. The number of amides is 1. The van der Waals surface area contributed by atoms with E-state index in [9.17, 15) is 22.8 Å². The second-order valence-electron chi connectivity index (χ2n) is 14.1. The number of para-hydroxylation sites is 1. The lowest BCUT2D eigenvalue weighted by molar-refractivity contribution is -0.142. The third-order valence-corrected chi connectivity index (χ3v) is 11.1. The van der Waals surface area contributed by atoms with E-state index in [0.29, 0.717) is 40.8 Å². The number of carbonyl (C=O) groups is 2. The van der Waals surface area contributed by atoms with Gasteiger partial charge in [-0.2, -0.15) is 18.2 Å². The van der Waals surface area contributed by atoms with E-state index in [1.54, 1.807) is 26.2 Å². The molecular weight excluding hydrogens is 635 g/mol. The summed E-state index contributed by atoms with van der Waals surface area (Å²) in [4.78, 5) is 37.7. The van der Waals surface area contributed by atoms with Gasteiger partial charge in [-0.05, 0) is 80.5 Å². The fourth-order valence-electron chi connectivity index (χ4n) is 9.20. The highest BCUT2D eigenvalue weighted by atomic mass is 19.4. The number of methoxy groups -OCH3 is 1. The van der Waals surface area contributed by atoms with Crippen LogP contribution >= 0.6 is 0 Å². The zero-order chi connectivity index (χ0) is 34.5. The number of aryl methyl sites for hydroxylation is 1. The largest absolute Gasteiger partial charge is 0.494 e. The van der Waals surface area contributed by atoms with Gasteiger partial charge in [-0.25, -0.2) is 4.98 Å². The fraction of sp³-hybridized carbons (Fsp3) is 0.500. The monoisotopic (exact) mass is 677 g/mol. The Hall–Kier alpha value is -4.39. The van der Waals surface area contributed by atoms with Gasteiger partial charge in [-0.15, -0.1) is 0 Å². The second kappa shape index (κ2) is 12.8. The molecule has 3 N–H and O–H groups in total. The molecule has 2 heterocycles. The van der Waals surface area contributed by atoms with Crippen molar-refractivity contribution in [2.24, 2.45) is 23.2 Å². The maximum atomic E-state index is 14.1. The Bertz CT molecular complexity index is 1730. The number of halogens is 3. The van der Waals surface area contributed by atoms with E-state index in [0.717, 1.165) is 57.3 Å². The average molecular weight is 678 g/mol. The molecule has 1 aromatic heterocycles. The van der Waals surface area contributed by atoms with Gasteiger partial charge in [0.05, 0.1) is 24.0 Å². The summed E-state index contributed by atoms with van der Waals surface area (Å²) in [6.07, 6.45) is 2.94. The normalized spacial score (nSPS) is 26.4. The molecule has 49 heavy (non-hydrogen) atoms. The van der Waals surface area contributed by atoms with Gasteiger partial charge in [0.1, 0.15) is 23.4 Å². The molecule has 10 nitrogen and oxygen atoms in total. The molecule has 0 spiro atoms. The molecule has 4 bridgehead atoms. The van der Waals surface area contributed by atoms with Crippen molar-refractivity contribution in [3.05, 3.63) is 59.3 Å². The van der Waals surface area contributed by atoms with Crippen LogP contribution in [-0.4, -0.2) is 73.4 Å². The minimum Gasteiger partial charge on any atom is -0.494 e. The minimum atomic E-state index is -4.74. The van der Waals surface area contributed by atoms with Crippen molar-refractivity contribution in [2.75, 3.05) is 55.9 Å². The number of rotatable bonds is 9. The number of ether oxygens (including phenoxy) is 1. The smallest absolute Gasteiger partial charge is 0.421 e. The van der Waals surface area contributed by atoms with E-state index in [2.05, 4.69) is 35.7 Å². The molecule has 13 heteroatoms. The van der Waals surface area contributed by atoms with Gasteiger partial charge in [0, 0.05) is 62.6 Å². The molecule has 8 rings (SSSR count). The first-order valence-corrected chi connectivity index (χ1v) is 16.9. The zero-order valence-corrected chi connectivity index (χ0v) is 27.9. The SMILES string of the molecule is CNC(=O)c1cccc(C)c1Nc1nc(Nc2ccc(N3CCN([C@H]4C5CC6CC4C[C@](C=O)(C6)C5)CC3)cc2OC)ncc1C(F)(F)F. The molecule has 4 saturated carbocycles. The van der Waals surface area contributed by atoms with Crippen molar-refractivity contribution in [1.29, 1.82) is 0 Å². The van der Waals surface area contributed by atoms with Gasteiger partial charge >= 0.3 is 6.18 Å². The van der Waals surface area contributed by atoms with Gasteiger partial charge in [-0.1, -0.05) is 12.1 Å². The molecule has 5 aliphatic rings. The maximum absolute atomic E-state index is 14.1. The lowest BCUT2D eigenvalue weighted by Gasteiger charge is -2.61. The summed E-state index contributed by atoms with van der Waals surface area (Å²) in [6.45, 7) is 5.33. The summed E-state index contributed by atoms with van der Waals surface area (Å²) in [5.41, 5.74) is 1.33. The summed E-state index contributed by atoms with van der Waals surface area (Å²) in [5.74, 6) is 1.44. The van der Waals surface area contributed by atoms with Crippen LogP contribution < -0.4 is 25.6 Å². The number of piperazine rings is 1. The molecule has 3 aromatic rings. The molecule has 0 radical (unpaired) electrons. The van der Waals surface area contributed by atoms with Gasteiger partial charge in [0.2, 0.25) is 5.95 Å². The van der Waals surface area contributed by atoms with E-state index in [1.807, 2.05) is 18.2 Å². The van der Waals surface area contributed by atoms with Crippen molar-refractivity contribution in [2.45, 2.75) is 51.2 Å². The van der Waals surface area contributed by atoms with E-state index < -0.39 is 23.5 Å². The maximum Gasteiger partial charge on any atom is 0.421 e. The standard InChI is InChI=1S/C36H42F3N7O3/c1-21-5-4-6-26(33(48)40-2)30(21)43-32-27(36(37,38)39)19-41-34(44-32)42-28-8-7-25(15-29(28)49-3)45-9-11-46(12-10-45)31-23-13-22-14-24(31)18-35(16-22,17-23)20-47/h4-8,15,19-20,22-24,31H,9-14,16-18H2,1-3H3,(H,40,48)(H2,41,42,43,44)/t22?,23?,24?,31-,35-. The van der Waals surface area contributed by atoms with Crippen molar-refractivity contribution in [3.63, 3.8) is 0 Å². The lowest BCUT2D eigenvalue weighted by Crippen LogP contribution is -2.62. The number of alkyl halides is 3. The Morgan fingerprint density at radius 1 is 1.04 bits per heavy atom. The summed E-state index contributed by atoms with van der Waals surface area (Å²) < 4.78 is 47.9. The Labute approximate surface area is 283 Å². The number of nitrogens with zero attached hydrogens (tertiary/aromatic N) is 4. The predicted molar refractivity (Wildman–Crippen MR) is 181 cm³/mol.